The largest absolute Gasteiger partial charge is 0.481 e. The van der Waals surface area contributed by atoms with Crippen molar-refractivity contribution in [3.8, 4) is 11.5 Å². The zero-order valence-electron chi connectivity index (χ0n) is 13.0. The van der Waals surface area contributed by atoms with Crippen LogP contribution >= 0.6 is 11.6 Å². The number of aromatic nitrogens is 1. The number of oxazole rings is 1. The zero-order valence-corrected chi connectivity index (χ0v) is 13.7. The first kappa shape index (κ1) is 15.7. The molecule has 0 spiro atoms. The van der Waals surface area contributed by atoms with Crippen LogP contribution in [0.2, 0.25) is 5.02 Å². The number of hydrogen-bond donors (Lipinski definition) is 1. The average Bonchev–Trinajstić information content (AvgIpc) is 3.18. The van der Waals surface area contributed by atoms with E-state index in [1.807, 2.05) is 0 Å². The summed E-state index contributed by atoms with van der Waals surface area (Å²) >= 11 is 5.95. The lowest BCUT2D eigenvalue weighted by molar-refractivity contribution is -0.141. The molecule has 6 nitrogen and oxygen atoms in total. The lowest BCUT2D eigenvalue weighted by Crippen LogP contribution is -2.25. The smallest absolute Gasteiger partial charge is 0.308 e. The molecule has 126 valence electrons. The van der Waals surface area contributed by atoms with Gasteiger partial charge in [-0.2, -0.15) is 0 Å². The van der Waals surface area contributed by atoms with E-state index >= 15 is 0 Å². The van der Waals surface area contributed by atoms with Crippen molar-refractivity contribution in [2.45, 2.75) is 6.42 Å². The highest BCUT2D eigenvalue weighted by atomic mass is 35.5. The number of aliphatic carboxylic acids is 1. The van der Waals surface area contributed by atoms with E-state index in [1.165, 1.54) is 4.90 Å². The second-order valence-corrected chi connectivity index (χ2v) is 6.36. The van der Waals surface area contributed by atoms with Gasteiger partial charge in [0.1, 0.15) is 5.52 Å². The maximum absolute atomic E-state index is 12.0. The fourth-order valence-electron chi connectivity index (χ4n) is 2.93. The number of nitrogens with zero attached hydrogens (tertiary/aromatic N) is 2. The molecule has 0 radical (unpaired) electrons. The minimum absolute atomic E-state index is 0.0307. The van der Waals surface area contributed by atoms with Gasteiger partial charge in [0.05, 0.1) is 5.92 Å². The highest BCUT2D eigenvalue weighted by Crippen LogP contribution is 2.30. The topological polar surface area (TPSA) is 83.6 Å². The third kappa shape index (κ3) is 2.85. The van der Waals surface area contributed by atoms with Crippen LogP contribution < -0.4 is 4.90 Å². The first-order chi connectivity index (χ1) is 12.0. The number of hydrogen-bond acceptors (Lipinski definition) is 4. The maximum atomic E-state index is 12.0. The highest BCUT2D eigenvalue weighted by Gasteiger charge is 2.35. The molecule has 4 rings (SSSR count). The molecule has 2 heterocycles. The van der Waals surface area contributed by atoms with Crippen LogP contribution in [-0.4, -0.2) is 28.5 Å². The number of carboxylic acids is 1. The standard InChI is InChI=1S/C18H13ClN2O4/c19-12-3-6-15-14(8-12)20-17(25-15)10-1-4-13(5-2-10)21-9-11(18(23)24)7-16(21)22/h1-6,8,11H,7,9H2,(H,23,24). The molecule has 1 N–H and O–H groups in total. The summed E-state index contributed by atoms with van der Waals surface area (Å²) in [6.07, 6.45) is 0.0307. The molecule has 25 heavy (non-hydrogen) atoms. The van der Waals surface area contributed by atoms with Gasteiger partial charge in [-0.1, -0.05) is 11.6 Å². The number of carbonyl (C=O) groups excluding carboxylic acids is 1. The van der Waals surface area contributed by atoms with E-state index < -0.39 is 11.9 Å². The van der Waals surface area contributed by atoms with E-state index in [9.17, 15) is 9.59 Å². The van der Waals surface area contributed by atoms with Crippen LogP contribution in [0.3, 0.4) is 0 Å². The van der Waals surface area contributed by atoms with Crippen molar-refractivity contribution in [2.75, 3.05) is 11.4 Å². The average molecular weight is 357 g/mol. The van der Waals surface area contributed by atoms with Crippen molar-refractivity contribution in [1.29, 1.82) is 0 Å². The number of amides is 1. The molecule has 1 fully saturated rings. The van der Waals surface area contributed by atoms with Gasteiger partial charge in [-0.3, -0.25) is 9.59 Å². The molecule has 1 saturated heterocycles. The van der Waals surface area contributed by atoms with E-state index in [1.54, 1.807) is 42.5 Å². The SMILES string of the molecule is O=C(O)C1CC(=O)N(c2ccc(-c3nc4cc(Cl)ccc4o3)cc2)C1. The molecular weight excluding hydrogens is 344 g/mol. The van der Waals surface area contributed by atoms with E-state index in [4.69, 9.17) is 21.1 Å². The van der Waals surface area contributed by atoms with Crippen LogP contribution in [0.25, 0.3) is 22.6 Å². The second-order valence-electron chi connectivity index (χ2n) is 5.92. The van der Waals surface area contributed by atoms with Gasteiger partial charge in [0.15, 0.2) is 5.58 Å². The normalized spacial score (nSPS) is 17.4. The highest BCUT2D eigenvalue weighted by molar-refractivity contribution is 6.31. The van der Waals surface area contributed by atoms with Gasteiger partial charge in [-0.25, -0.2) is 4.98 Å². The predicted molar refractivity (Wildman–Crippen MR) is 92.6 cm³/mol. The Bertz CT molecular complexity index is 980. The van der Waals surface area contributed by atoms with Crippen molar-refractivity contribution >= 4 is 40.3 Å². The lowest BCUT2D eigenvalue weighted by Gasteiger charge is -2.16. The molecule has 0 bridgehead atoms. The Morgan fingerprint density at radius 2 is 2.00 bits per heavy atom. The van der Waals surface area contributed by atoms with Crippen LogP contribution in [0.1, 0.15) is 6.42 Å². The van der Waals surface area contributed by atoms with Crippen molar-refractivity contribution in [3.63, 3.8) is 0 Å². The molecule has 1 amide bonds. The Kier molecular flexibility index (Phi) is 3.69. The van der Waals surface area contributed by atoms with Gasteiger partial charge in [0, 0.05) is 29.2 Å². The first-order valence-electron chi connectivity index (χ1n) is 7.71. The van der Waals surface area contributed by atoms with Gasteiger partial charge in [0.2, 0.25) is 11.8 Å². The Morgan fingerprint density at radius 1 is 1.24 bits per heavy atom. The van der Waals surface area contributed by atoms with Crippen molar-refractivity contribution in [3.05, 3.63) is 47.5 Å². The quantitative estimate of drug-likeness (QED) is 0.775. The number of carbonyl (C=O) groups is 2. The summed E-state index contributed by atoms with van der Waals surface area (Å²) in [5.74, 6) is -1.33. The molecule has 1 unspecified atom stereocenters. The molecule has 3 aromatic rings. The third-order valence-corrected chi connectivity index (χ3v) is 4.48. The van der Waals surface area contributed by atoms with Crippen LogP contribution in [-0.2, 0) is 9.59 Å². The molecule has 7 heteroatoms. The van der Waals surface area contributed by atoms with Crippen molar-refractivity contribution < 1.29 is 19.1 Å². The minimum atomic E-state index is -0.947. The van der Waals surface area contributed by atoms with Crippen LogP contribution in [0.15, 0.2) is 46.9 Å². The summed E-state index contributed by atoms with van der Waals surface area (Å²) in [7, 11) is 0. The molecule has 1 atom stereocenters. The Labute approximate surface area is 147 Å². The summed E-state index contributed by atoms with van der Waals surface area (Å²) in [6, 6.07) is 12.3. The molecular formula is C18H13ClN2O4. The van der Waals surface area contributed by atoms with Crippen LogP contribution in [0.5, 0.6) is 0 Å². The summed E-state index contributed by atoms with van der Waals surface area (Å²) in [4.78, 5) is 29.0. The minimum Gasteiger partial charge on any atom is -0.481 e. The van der Waals surface area contributed by atoms with Crippen molar-refractivity contribution in [1.82, 2.24) is 4.98 Å². The Balaban J connectivity index is 1.61. The van der Waals surface area contributed by atoms with Gasteiger partial charge in [0.25, 0.3) is 0 Å². The summed E-state index contributed by atoms with van der Waals surface area (Å²) in [5, 5.41) is 9.65. The fourth-order valence-corrected chi connectivity index (χ4v) is 3.10. The monoisotopic (exact) mass is 356 g/mol. The number of benzene rings is 2. The van der Waals surface area contributed by atoms with Gasteiger partial charge in [-0.05, 0) is 42.5 Å². The van der Waals surface area contributed by atoms with E-state index in [0.29, 0.717) is 27.7 Å². The zero-order chi connectivity index (χ0) is 17.6. The maximum Gasteiger partial charge on any atom is 0.308 e. The number of fused-ring (bicyclic) bond motifs is 1. The first-order valence-corrected chi connectivity index (χ1v) is 8.09. The second kappa shape index (κ2) is 5.89. The molecule has 1 aromatic heterocycles. The van der Waals surface area contributed by atoms with Crippen LogP contribution in [0.4, 0.5) is 5.69 Å². The summed E-state index contributed by atoms with van der Waals surface area (Å²) in [5.41, 5.74) is 2.74. The number of halogens is 1. The van der Waals surface area contributed by atoms with E-state index in [0.717, 1.165) is 5.56 Å². The van der Waals surface area contributed by atoms with Crippen molar-refractivity contribution in [2.24, 2.45) is 5.92 Å². The van der Waals surface area contributed by atoms with Crippen LogP contribution in [0, 0.1) is 5.92 Å². The molecule has 0 aliphatic carbocycles. The Morgan fingerprint density at radius 3 is 2.68 bits per heavy atom. The molecule has 2 aromatic carbocycles. The number of carboxylic acid groups (broad SMARTS) is 1. The van der Waals surface area contributed by atoms with Gasteiger partial charge >= 0.3 is 5.97 Å². The lowest BCUT2D eigenvalue weighted by atomic mass is 10.1. The van der Waals surface area contributed by atoms with Gasteiger partial charge in [-0.15, -0.1) is 0 Å². The molecule has 0 saturated carbocycles. The predicted octanol–water partition coefficient (Wildman–Crippen LogP) is 3.59. The third-order valence-electron chi connectivity index (χ3n) is 4.25. The Hall–Kier alpha value is -2.86. The molecule has 1 aliphatic heterocycles. The summed E-state index contributed by atoms with van der Waals surface area (Å²) in [6.45, 7) is 0.189. The fraction of sp³-hybridized carbons (Fsp3) is 0.167. The number of rotatable bonds is 3. The van der Waals surface area contributed by atoms with E-state index in [2.05, 4.69) is 4.98 Å². The van der Waals surface area contributed by atoms with Gasteiger partial charge < -0.3 is 14.4 Å². The molecule has 1 aliphatic rings. The number of anilines is 1. The summed E-state index contributed by atoms with van der Waals surface area (Å²) < 4.78 is 5.72. The van der Waals surface area contributed by atoms with E-state index in [-0.39, 0.29) is 18.9 Å².